The average Bonchev–Trinajstić information content (AvgIpc) is 2.27. The highest BCUT2D eigenvalue weighted by atomic mass is 16.3. The normalized spacial score (nSPS) is 14.2. The average molecular weight is 264 g/mol. The summed E-state index contributed by atoms with van der Waals surface area (Å²) in [5.74, 6) is 0.572. The highest BCUT2D eigenvalue weighted by Gasteiger charge is 2.25. The second-order valence-electron chi connectivity index (χ2n) is 5.76. The molecule has 0 heterocycles. The lowest BCUT2D eigenvalue weighted by atomic mass is 9.90. The number of rotatable bonds is 6. The van der Waals surface area contributed by atoms with Gasteiger partial charge in [0, 0.05) is 12.1 Å². The number of benzene rings is 1. The van der Waals surface area contributed by atoms with E-state index in [1.165, 1.54) is 0 Å². The minimum Gasteiger partial charge on any atom is -0.508 e. The molecule has 0 saturated heterocycles. The van der Waals surface area contributed by atoms with E-state index in [1.807, 2.05) is 13.0 Å². The van der Waals surface area contributed by atoms with Crippen LogP contribution in [0.4, 0.5) is 0 Å². The Balaban J connectivity index is 2.63. The molecule has 4 nitrogen and oxygen atoms in total. The third-order valence-corrected chi connectivity index (χ3v) is 3.03. The highest BCUT2D eigenvalue weighted by molar-refractivity contribution is 5.79. The topological polar surface area (TPSA) is 75.3 Å². The highest BCUT2D eigenvalue weighted by Crippen LogP contribution is 2.16. The molecule has 0 aromatic heterocycles. The number of nitrogens with two attached hydrogens (primary N) is 1. The molecule has 4 N–H and O–H groups in total. The van der Waals surface area contributed by atoms with E-state index in [1.54, 1.807) is 18.2 Å². The summed E-state index contributed by atoms with van der Waals surface area (Å²) in [6, 6.07) is 6.74. The molecule has 0 saturated carbocycles. The van der Waals surface area contributed by atoms with Crippen LogP contribution in [0.15, 0.2) is 24.3 Å². The van der Waals surface area contributed by atoms with Crippen LogP contribution in [0.3, 0.4) is 0 Å². The van der Waals surface area contributed by atoms with E-state index in [0.29, 0.717) is 12.5 Å². The molecular formula is C15H24N2O2. The summed E-state index contributed by atoms with van der Waals surface area (Å²) < 4.78 is 0. The zero-order chi connectivity index (χ0) is 14.5. The molecule has 1 amide bonds. The number of hydrogen-bond acceptors (Lipinski definition) is 3. The van der Waals surface area contributed by atoms with Crippen LogP contribution in [0, 0.1) is 5.92 Å². The first-order valence-corrected chi connectivity index (χ1v) is 6.63. The van der Waals surface area contributed by atoms with E-state index >= 15 is 0 Å². The van der Waals surface area contributed by atoms with Gasteiger partial charge in [0.2, 0.25) is 5.91 Å². The van der Waals surface area contributed by atoms with Crippen molar-refractivity contribution in [1.82, 2.24) is 5.32 Å². The number of amides is 1. The van der Waals surface area contributed by atoms with Gasteiger partial charge in [-0.1, -0.05) is 26.0 Å². The number of carbonyl (C=O) groups excluding carboxylic acids is 1. The molecule has 0 aliphatic heterocycles. The van der Waals surface area contributed by atoms with Crippen LogP contribution < -0.4 is 11.1 Å². The maximum absolute atomic E-state index is 12.0. The molecule has 1 rings (SSSR count). The lowest BCUT2D eigenvalue weighted by Gasteiger charge is -2.31. The van der Waals surface area contributed by atoms with Gasteiger partial charge in [-0.25, -0.2) is 0 Å². The molecule has 1 aromatic carbocycles. The molecule has 1 atom stereocenters. The molecule has 0 spiro atoms. The molecule has 0 fully saturated rings. The summed E-state index contributed by atoms with van der Waals surface area (Å²) in [7, 11) is 0. The van der Waals surface area contributed by atoms with Crippen molar-refractivity contribution in [2.75, 3.05) is 6.54 Å². The van der Waals surface area contributed by atoms with Gasteiger partial charge in [0.15, 0.2) is 0 Å². The van der Waals surface area contributed by atoms with E-state index < -0.39 is 0 Å². The number of phenols is 1. The molecule has 4 heteroatoms. The number of nitrogens with one attached hydrogen (secondary N) is 1. The predicted molar refractivity (Wildman–Crippen MR) is 76.9 cm³/mol. The third-order valence-electron chi connectivity index (χ3n) is 3.03. The lowest BCUT2D eigenvalue weighted by Crippen LogP contribution is -2.52. The molecule has 1 aromatic rings. The largest absolute Gasteiger partial charge is 0.508 e. The number of hydrogen-bond donors (Lipinski definition) is 3. The van der Waals surface area contributed by atoms with E-state index in [-0.39, 0.29) is 23.6 Å². The SMILES string of the molecule is CC(C)CC(C)(CN)NC(=O)Cc1cccc(O)c1. The zero-order valence-corrected chi connectivity index (χ0v) is 11.9. The summed E-state index contributed by atoms with van der Waals surface area (Å²) in [4.78, 5) is 12.0. The first-order chi connectivity index (χ1) is 8.84. The molecule has 0 aliphatic rings. The van der Waals surface area contributed by atoms with E-state index in [2.05, 4.69) is 19.2 Å². The van der Waals surface area contributed by atoms with E-state index in [4.69, 9.17) is 5.73 Å². The smallest absolute Gasteiger partial charge is 0.224 e. The van der Waals surface area contributed by atoms with Crippen molar-refractivity contribution < 1.29 is 9.90 Å². The van der Waals surface area contributed by atoms with Crippen molar-refractivity contribution in [3.8, 4) is 5.75 Å². The molecule has 106 valence electrons. The Morgan fingerprint density at radius 3 is 2.68 bits per heavy atom. The standard InChI is InChI=1S/C15H24N2O2/c1-11(2)9-15(3,10-16)17-14(19)8-12-5-4-6-13(18)7-12/h4-7,11,18H,8-10,16H2,1-3H3,(H,17,19). The second-order valence-corrected chi connectivity index (χ2v) is 5.76. The van der Waals surface area contributed by atoms with Crippen molar-refractivity contribution in [2.24, 2.45) is 11.7 Å². The van der Waals surface area contributed by atoms with Gasteiger partial charge in [-0.05, 0) is 37.0 Å². The van der Waals surface area contributed by atoms with Crippen LogP contribution in [0.1, 0.15) is 32.8 Å². The van der Waals surface area contributed by atoms with Gasteiger partial charge >= 0.3 is 0 Å². The van der Waals surface area contributed by atoms with Crippen LogP contribution in [-0.2, 0) is 11.2 Å². The van der Waals surface area contributed by atoms with Crippen molar-refractivity contribution in [1.29, 1.82) is 0 Å². The Morgan fingerprint density at radius 1 is 1.47 bits per heavy atom. The molecule has 0 radical (unpaired) electrons. The molecule has 0 bridgehead atoms. The van der Waals surface area contributed by atoms with Gasteiger partial charge in [0.25, 0.3) is 0 Å². The summed E-state index contributed by atoms with van der Waals surface area (Å²) >= 11 is 0. The van der Waals surface area contributed by atoms with Gasteiger partial charge in [-0.15, -0.1) is 0 Å². The summed E-state index contributed by atoms with van der Waals surface area (Å²) in [5, 5.41) is 12.4. The van der Waals surface area contributed by atoms with Gasteiger partial charge in [0.1, 0.15) is 5.75 Å². The minimum absolute atomic E-state index is 0.0702. The Labute approximate surface area is 115 Å². The quantitative estimate of drug-likeness (QED) is 0.733. The fourth-order valence-electron chi connectivity index (χ4n) is 2.32. The third kappa shape index (κ3) is 5.30. The zero-order valence-electron chi connectivity index (χ0n) is 11.9. The second kappa shape index (κ2) is 6.57. The lowest BCUT2D eigenvalue weighted by molar-refractivity contribution is -0.122. The van der Waals surface area contributed by atoms with Crippen molar-refractivity contribution in [2.45, 2.75) is 39.2 Å². The number of carbonyl (C=O) groups is 1. The maximum atomic E-state index is 12.0. The number of phenolic OH excluding ortho intramolecular Hbond substituents is 1. The monoisotopic (exact) mass is 264 g/mol. The molecular weight excluding hydrogens is 240 g/mol. The molecule has 0 aliphatic carbocycles. The van der Waals surface area contributed by atoms with Gasteiger partial charge in [0.05, 0.1) is 6.42 Å². The summed E-state index contributed by atoms with van der Waals surface area (Å²) in [6.45, 7) is 6.59. The Hall–Kier alpha value is -1.55. The van der Waals surface area contributed by atoms with Crippen LogP contribution in [0.25, 0.3) is 0 Å². The van der Waals surface area contributed by atoms with Gasteiger partial charge in [-0.2, -0.15) is 0 Å². The van der Waals surface area contributed by atoms with Crippen molar-refractivity contribution in [3.63, 3.8) is 0 Å². The summed E-state index contributed by atoms with van der Waals surface area (Å²) in [6.07, 6.45) is 1.09. The first-order valence-electron chi connectivity index (χ1n) is 6.63. The fraction of sp³-hybridized carbons (Fsp3) is 0.533. The van der Waals surface area contributed by atoms with Crippen molar-refractivity contribution >= 4 is 5.91 Å². The predicted octanol–water partition coefficient (Wildman–Crippen LogP) is 1.81. The van der Waals surface area contributed by atoms with Crippen LogP contribution in [0.2, 0.25) is 0 Å². The Morgan fingerprint density at radius 2 is 2.16 bits per heavy atom. The van der Waals surface area contributed by atoms with Crippen LogP contribution in [0.5, 0.6) is 5.75 Å². The molecule has 19 heavy (non-hydrogen) atoms. The van der Waals surface area contributed by atoms with Gasteiger partial charge < -0.3 is 16.2 Å². The maximum Gasteiger partial charge on any atom is 0.224 e. The van der Waals surface area contributed by atoms with Crippen molar-refractivity contribution in [3.05, 3.63) is 29.8 Å². The van der Waals surface area contributed by atoms with Crippen LogP contribution in [-0.4, -0.2) is 23.1 Å². The van der Waals surface area contributed by atoms with Gasteiger partial charge in [-0.3, -0.25) is 4.79 Å². The Bertz CT molecular complexity index is 432. The van der Waals surface area contributed by atoms with E-state index in [0.717, 1.165) is 12.0 Å². The number of aromatic hydroxyl groups is 1. The fourth-order valence-corrected chi connectivity index (χ4v) is 2.32. The summed E-state index contributed by atoms with van der Waals surface area (Å²) in [5.41, 5.74) is 6.19. The van der Waals surface area contributed by atoms with E-state index in [9.17, 15) is 9.90 Å². The molecule has 1 unspecified atom stereocenters. The van der Waals surface area contributed by atoms with Crippen LogP contribution >= 0.6 is 0 Å². The minimum atomic E-state index is -0.373. The Kier molecular flexibility index (Phi) is 5.36. The first kappa shape index (κ1) is 15.5.